The van der Waals surface area contributed by atoms with Gasteiger partial charge in [-0.25, -0.2) is 4.79 Å². The van der Waals surface area contributed by atoms with Crippen LogP contribution in [0.3, 0.4) is 0 Å². The third-order valence-electron chi connectivity index (χ3n) is 6.60. The van der Waals surface area contributed by atoms with Crippen molar-refractivity contribution in [3.05, 3.63) is 108 Å². The van der Waals surface area contributed by atoms with Gasteiger partial charge in [0.2, 0.25) is 0 Å². The second kappa shape index (κ2) is 10.1. The van der Waals surface area contributed by atoms with Crippen molar-refractivity contribution in [2.24, 2.45) is 10.9 Å². The molecule has 168 valence electrons. The monoisotopic (exact) mass is 439 g/mol. The molecule has 0 spiro atoms. The zero-order chi connectivity index (χ0) is 22.5. The van der Waals surface area contributed by atoms with Crippen LogP contribution in [0.2, 0.25) is 0 Å². The Morgan fingerprint density at radius 1 is 0.818 bits per heavy atom. The van der Waals surface area contributed by atoms with Crippen molar-refractivity contribution in [2.45, 2.75) is 50.5 Å². The maximum absolute atomic E-state index is 13.5. The van der Waals surface area contributed by atoms with Crippen LogP contribution in [0, 0.1) is 5.92 Å². The fourth-order valence-electron chi connectivity index (χ4n) is 4.97. The number of esters is 1. The van der Waals surface area contributed by atoms with E-state index in [1.54, 1.807) is 0 Å². The molecule has 33 heavy (non-hydrogen) atoms. The Hall–Kier alpha value is -3.24. The summed E-state index contributed by atoms with van der Waals surface area (Å²) in [5.74, 6) is -0.142. The molecule has 0 aliphatic carbocycles. The smallest absolute Gasteiger partial charge is 0.331 e. The molecule has 0 saturated carbocycles. The summed E-state index contributed by atoms with van der Waals surface area (Å²) in [7, 11) is 0. The molecule has 4 heteroatoms. The first-order chi connectivity index (χ1) is 16.3. The van der Waals surface area contributed by atoms with E-state index in [4.69, 9.17) is 14.5 Å². The van der Waals surface area contributed by atoms with E-state index in [0.717, 1.165) is 48.1 Å². The molecule has 2 saturated heterocycles. The van der Waals surface area contributed by atoms with Gasteiger partial charge in [0.15, 0.2) is 6.04 Å². The summed E-state index contributed by atoms with van der Waals surface area (Å²) in [6.07, 6.45) is 4.29. The zero-order valence-corrected chi connectivity index (χ0v) is 18.7. The molecule has 0 N–H and O–H groups in total. The minimum atomic E-state index is -0.559. The molecule has 2 fully saturated rings. The Bertz CT molecular complexity index is 1030. The molecule has 0 radical (unpaired) electrons. The van der Waals surface area contributed by atoms with Gasteiger partial charge in [-0.3, -0.25) is 4.99 Å². The van der Waals surface area contributed by atoms with Gasteiger partial charge >= 0.3 is 5.97 Å². The van der Waals surface area contributed by atoms with Crippen molar-refractivity contribution in [1.82, 2.24) is 0 Å². The van der Waals surface area contributed by atoms with Crippen molar-refractivity contribution in [3.63, 3.8) is 0 Å². The van der Waals surface area contributed by atoms with E-state index in [0.29, 0.717) is 0 Å². The number of benzene rings is 3. The van der Waals surface area contributed by atoms with Crippen LogP contribution in [-0.4, -0.2) is 29.9 Å². The SMILES string of the molecule is O=C(OCc1ccccc1)C(N=C(c1ccccc1)c1ccccc1)C1CC2CCC(C1)O2. The first kappa shape index (κ1) is 21.6. The summed E-state index contributed by atoms with van der Waals surface area (Å²) in [6, 6.07) is 29.5. The van der Waals surface area contributed by atoms with Gasteiger partial charge in [-0.2, -0.15) is 0 Å². The van der Waals surface area contributed by atoms with Crippen LogP contribution >= 0.6 is 0 Å². The predicted molar refractivity (Wildman–Crippen MR) is 129 cm³/mol. The number of nitrogens with zero attached hydrogens (tertiary/aromatic N) is 1. The number of carbonyl (C=O) groups is 1. The molecule has 3 aromatic rings. The van der Waals surface area contributed by atoms with Crippen molar-refractivity contribution >= 4 is 11.7 Å². The number of carbonyl (C=O) groups excluding carboxylic acids is 1. The van der Waals surface area contributed by atoms with Crippen molar-refractivity contribution in [1.29, 1.82) is 0 Å². The number of rotatable bonds is 7. The van der Waals surface area contributed by atoms with Crippen LogP contribution < -0.4 is 0 Å². The molecule has 2 heterocycles. The summed E-state index contributed by atoms with van der Waals surface area (Å²) in [4.78, 5) is 18.6. The normalized spacial score (nSPS) is 22.4. The third-order valence-corrected chi connectivity index (χ3v) is 6.60. The minimum Gasteiger partial charge on any atom is -0.459 e. The van der Waals surface area contributed by atoms with Crippen molar-refractivity contribution in [3.8, 4) is 0 Å². The van der Waals surface area contributed by atoms with E-state index >= 15 is 0 Å². The Morgan fingerprint density at radius 3 is 1.88 bits per heavy atom. The van der Waals surface area contributed by atoms with Crippen molar-refractivity contribution in [2.75, 3.05) is 0 Å². The van der Waals surface area contributed by atoms with Gasteiger partial charge in [-0.1, -0.05) is 91.0 Å². The van der Waals surface area contributed by atoms with E-state index in [-0.39, 0.29) is 30.7 Å². The van der Waals surface area contributed by atoms with Gasteiger partial charge in [0, 0.05) is 11.1 Å². The fraction of sp³-hybridized carbons (Fsp3) is 0.310. The lowest BCUT2D eigenvalue weighted by Crippen LogP contribution is -2.38. The number of hydrogen-bond donors (Lipinski definition) is 0. The lowest BCUT2D eigenvalue weighted by atomic mass is 9.88. The van der Waals surface area contributed by atoms with Crippen LogP contribution in [0.1, 0.15) is 42.4 Å². The van der Waals surface area contributed by atoms with E-state index in [1.165, 1.54) is 0 Å². The third kappa shape index (κ3) is 5.23. The summed E-state index contributed by atoms with van der Waals surface area (Å²) >= 11 is 0. The highest BCUT2D eigenvalue weighted by Gasteiger charge is 2.41. The lowest BCUT2D eigenvalue weighted by molar-refractivity contribution is -0.149. The average molecular weight is 440 g/mol. The van der Waals surface area contributed by atoms with Gasteiger partial charge in [-0.15, -0.1) is 0 Å². The topological polar surface area (TPSA) is 47.9 Å². The Kier molecular flexibility index (Phi) is 6.63. The standard InChI is InChI=1S/C29H29NO3/c31-29(32-20-21-10-4-1-5-11-21)28(24-18-25-16-17-26(19-24)33-25)30-27(22-12-6-2-7-13-22)23-14-8-3-9-15-23/h1-15,24-26,28H,16-20H2. The minimum absolute atomic E-state index is 0.113. The van der Waals surface area contributed by atoms with Gasteiger partial charge in [0.25, 0.3) is 0 Å². The molecule has 3 aromatic carbocycles. The Morgan fingerprint density at radius 2 is 1.33 bits per heavy atom. The van der Waals surface area contributed by atoms with Gasteiger partial charge in [0.05, 0.1) is 17.9 Å². The largest absolute Gasteiger partial charge is 0.459 e. The number of aliphatic imine (C=N–C) groups is 1. The van der Waals surface area contributed by atoms with E-state index in [2.05, 4.69) is 0 Å². The first-order valence-electron chi connectivity index (χ1n) is 11.8. The lowest BCUT2D eigenvalue weighted by Gasteiger charge is -2.31. The van der Waals surface area contributed by atoms with E-state index in [9.17, 15) is 4.79 Å². The molecular weight excluding hydrogens is 410 g/mol. The predicted octanol–water partition coefficient (Wildman–Crippen LogP) is 5.59. The second-order valence-corrected chi connectivity index (χ2v) is 8.94. The van der Waals surface area contributed by atoms with E-state index < -0.39 is 6.04 Å². The highest BCUT2D eigenvalue weighted by Crippen LogP contribution is 2.38. The summed E-state index contributed by atoms with van der Waals surface area (Å²) < 4.78 is 11.9. The van der Waals surface area contributed by atoms with Crippen LogP contribution in [0.25, 0.3) is 0 Å². The first-order valence-corrected chi connectivity index (χ1v) is 11.8. The second-order valence-electron chi connectivity index (χ2n) is 8.94. The van der Waals surface area contributed by atoms with Crippen LogP contribution in [0.15, 0.2) is 96.0 Å². The van der Waals surface area contributed by atoms with Crippen LogP contribution in [-0.2, 0) is 20.9 Å². The molecule has 5 rings (SSSR count). The van der Waals surface area contributed by atoms with Gasteiger partial charge in [0.1, 0.15) is 6.61 Å². The maximum Gasteiger partial charge on any atom is 0.331 e. The van der Waals surface area contributed by atoms with Crippen molar-refractivity contribution < 1.29 is 14.3 Å². The van der Waals surface area contributed by atoms with Gasteiger partial charge < -0.3 is 9.47 Å². The fourth-order valence-corrected chi connectivity index (χ4v) is 4.97. The molecule has 0 aromatic heterocycles. The Balaban J connectivity index is 1.49. The zero-order valence-electron chi connectivity index (χ0n) is 18.7. The van der Waals surface area contributed by atoms with Crippen LogP contribution in [0.4, 0.5) is 0 Å². The molecule has 0 amide bonds. The summed E-state index contributed by atoms with van der Waals surface area (Å²) in [5, 5.41) is 0. The summed E-state index contributed by atoms with van der Waals surface area (Å²) in [5.41, 5.74) is 3.81. The molecule has 3 atom stereocenters. The number of fused-ring (bicyclic) bond motifs is 2. The maximum atomic E-state index is 13.5. The highest BCUT2D eigenvalue weighted by molar-refractivity contribution is 6.13. The molecule has 2 aliphatic rings. The quantitative estimate of drug-likeness (QED) is 0.356. The molecule has 3 unspecified atom stereocenters. The molecular formula is C29H29NO3. The molecule has 2 bridgehead atoms. The van der Waals surface area contributed by atoms with Gasteiger partial charge in [-0.05, 0) is 37.2 Å². The molecule has 4 nitrogen and oxygen atoms in total. The summed E-state index contributed by atoms with van der Waals surface area (Å²) in [6.45, 7) is 0.258. The number of hydrogen-bond acceptors (Lipinski definition) is 4. The van der Waals surface area contributed by atoms with E-state index in [1.807, 2.05) is 91.0 Å². The Labute approximate surface area is 195 Å². The number of ether oxygens (including phenoxy) is 2. The molecule has 2 aliphatic heterocycles. The highest BCUT2D eigenvalue weighted by atomic mass is 16.5. The van der Waals surface area contributed by atoms with Crippen LogP contribution in [0.5, 0.6) is 0 Å². The average Bonchev–Trinajstić information content (AvgIpc) is 3.22.